The van der Waals surface area contributed by atoms with Crippen LogP contribution in [0.4, 0.5) is 5.95 Å². The van der Waals surface area contributed by atoms with Gasteiger partial charge in [-0.3, -0.25) is 0 Å². The molecule has 0 saturated carbocycles. The van der Waals surface area contributed by atoms with E-state index in [9.17, 15) is 0 Å². The van der Waals surface area contributed by atoms with Gasteiger partial charge in [-0.25, -0.2) is 4.98 Å². The quantitative estimate of drug-likeness (QED) is 0.803. The van der Waals surface area contributed by atoms with Crippen molar-refractivity contribution in [3.63, 3.8) is 0 Å². The third-order valence-electron chi connectivity index (χ3n) is 2.68. The van der Waals surface area contributed by atoms with Crippen molar-refractivity contribution < 1.29 is 4.74 Å². The molecule has 0 aliphatic rings. The summed E-state index contributed by atoms with van der Waals surface area (Å²) in [5.41, 5.74) is 7.23. The van der Waals surface area contributed by atoms with Crippen molar-refractivity contribution in [3.8, 4) is 5.88 Å². The molecule has 1 unspecified atom stereocenters. The molecule has 0 radical (unpaired) electrons. The number of anilines is 1. The highest BCUT2D eigenvalue weighted by Gasteiger charge is 2.15. The maximum absolute atomic E-state index is 6.11. The molecular weight excluding hydrogens is 252 g/mol. The van der Waals surface area contributed by atoms with Crippen molar-refractivity contribution in [2.75, 3.05) is 18.5 Å². The van der Waals surface area contributed by atoms with Crippen LogP contribution in [0.15, 0.2) is 6.07 Å². The fourth-order valence-corrected chi connectivity index (χ4v) is 1.98. The second-order valence-electron chi connectivity index (χ2n) is 6.43. The molecule has 114 valence electrons. The molecule has 1 atom stereocenters. The second kappa shape index (κ2) is 7.43. The molecule has 5 heteroatoms. The van der Waals surface area contributed by atoms with Gasteiger partial charge in [-0.15, -0.1) is 0 Å². The van der Waals surface area contributed by atoms with Crippen LogP contribution in [-0.4, -0.2) is 29.2 Å². The number of aromatic nitrogens is 2. The van der Waals surface area contributed by atoms with Gasteiger partial charge in [-0.2, -0.15) is 4.98 Å². The number of hydrogen-bond acceptors (Lipinski definition) is 5. The SMILES string of the molecule is CCCOc1cc(C)nc(NCC(N)CC(C)(C)C)n1. The van der Waals surface area contributed by atoms with Crippen LogP contribution in [0.1, 0.15) is 46.2 Å². The van der Waals surface area contributed by atoms with E-state index >= 15 is 0 Å². The van der Waals surface area contributed by atoms with E-state index in [1.165, 1.54) is 0 Å². The number of hydrogen-bond donors (Lipinski definition) is 2. The van der Waals surface area contributed by atoms with Crippen molar-refractivity contribution in [1.82, 2.24) is 9.97 Å². The summed E-state index contributed by atoms with van der Waals surface area (Å²) in [5.74, 6) is 1.20. The first-order valence-electron chi connectivity index (χ1n) is 7.28. The fourth-order valence-electron chi connectivity index (χ4n) is 1.98. The van der Waals surface area contributed by atoms with Gasteiger partial charge in [0.05, 0.1) is 6.61 Å². The van der Waals surface area contributed by atoms with Gasteiger partial charge in [0.25, 0.3) is 0 Å². The zero-order valence-electron chi connectivity index (χ0n) is 13.4. The van der Waals surface area contributed by atoms with E-state index < -0.39 is 0 Å². The molecule has 1 aromatic rings. The summed E-state index contributed by atoms with van der Waals surface area (Å²) >= 11 is 0. The maximum Gasteiger partial charge on any atom is 0.226 e. The van der Waals surface area contributed by atoms with E-state index in [1.807, 2.05) is 13.0 Å². The summed E-state index contributed by atoms with van der Waals surface area (Å²) < 4.78 is 5.54. The molecule has 0 bridgehead atoms. The van der Waals surface area contributed by atoms with Crippen molar-refractivity contribution in [2.24, 2.45) is 11.1 Å². The molecule has 1 heterocycles. The summed E-state index contributed by atoms with van der Waals surface area (Å²) in [6, 6.07) is 1.93. The molecule has 0 aliphatic heterocycles. The zero-order chi connectivity index (χ0) is 15.2. The predicted octanol–water partition coefficient (Wildman–Crippen LogP) is 2.75. The number of nitrogens with one attached hydrogen (secondary N) is 1. The average Bonchev–Trinajstić information content (AvgIpc) is 2.31. The standard InChI is InChI=1S/C15H28N4O/c1-6-7-20-13-8-11(2)18-14(19-13)17-10-12(16)9-15(3,4)5/h8,12H,6-7,9-10,16H2,1-5H3,(H,17,18,19). The molecule has 0 saturated heterocycles. The summed E-state index contributed by atoms with van der Waals surface area (Å²) in [6.45, 7) is 11.9. The van der Waals surface area contributed by atoms with E-state index in [0.29, 0.717) is 25.0 Å². The molecule has 5 nitrogen and oxygen atoms in total. The summed E-state index contributed by atoms with van der Waals surface area (Å²) in [5, 5.41) is 3.20. The molecule has 0 aliphatic carbocycles. The minimum absolute atomic E-state index is 0.0825. The van der Waals surface area contributed by atoms with Crippen LogP contribution in [0.25, 0.3) is 0 Å². The molecule has 1 aromatic heterocycles. The lowest BCUT2D eigenvalue weighted by Gasteiger charge is -2.23. The van der Waals surface area contributed by atoms with Crippen LogP contribution in [0.5, 0.6) is 5.88 Å². The number of ether oxygens (including phenoxy) is 1. The third-order valence-corrected chi connectivity index (χ3v) is 2.68. The Morgan fingerprint density at radius 3 is 2.65 bits per heavy atom. The van der Waals surface area contributed by atoms with Gasteiger partial charge < -0.3 is 15.8 Å². The van der Waals surface area contributed by atoms with Crippen LogP contribution in [0.2, 0.25) is 0 Å². The Morgan fingerprint density at radius 2 is 2.05 bits per heavy atom. The second-order valence-corrected chi connectivity index (χ2v) is 6.43. The lowest BCUT2D eigenvalue weighted by atomic mass is 9.88. The molecule has 0 fully saturated rings. The molecular formula is C15H28N4O. The maximum atomic E-state index is 6.11. The fraction of sp³-hybridized carbons (Fsp3) is 0.733. The van der Waals surface area contributed by atoms with Gasteiger partial charge in [0.15, 0.2) is 0 Å². The number of rotatable bonds is 7. The first-order chi connectivity index (χ1) is 9.30. The minimum Gasteiger partial charge on any atom is -0.478 e. The average molecular weight is 280 g/mol. The Balaban J connectivity index is 2.56. The molecule has 0 aromatic carbocycles. The zero-order valence-corrected chi connectivity index (χ0v) is 13.4. The molecule has 0 spiro atoms. The monoisotopic (exact) mass is 280 g/mol. The van der Waals surface area contributed by atoms with Gasteiger partial charge in [0, 0.05) is 24.3 Å². The first kappa shape index (κ1) is 16.7. The highest BCUT2D eigenvalue weighted by Crippen LogP contribution is 2.20. The summed E-state index contributed by atoms with van der Waals surface area (Å²) in [4.78, 5) is 8.69. The summed E-state index contributed by atoms with van der Waals surface area (Å²) in [6.07, 6.45) is 1.91. The normalized spacial score (nSPS) is 13.1. The van der Waals surface area contributed by atoms with Crippen LogP contribution in [-0.2, 0) is 0 Å². The van der Waals surface area contributed by atoms with Crippen molar-refractivity contribution in [3.05, 3.63) is 11.8 Å². The number of nitrogens with two attached hydrogens (primary N) is 1. The van der Waals surface area contributed by atoms with E-state index in [-0.39, 0.29) is 11.5 Å². The lowest BCUT2D eigenvalue weighted by molar-refractivity contribution is 0.304. The van der Waals surface area contributed by atoms with Gasteiger partial charge in [-0.1, -0.05) is 27.7 Å². The Bertz CT molecular complexity index is 415. The van der Waals surface area contributed by atoms with Crippen LogP contribution < -0.4 is 15.8 Å². The van der Waals surface area contributed by atoms with Crippen LogP contribution in [0.3, 0.4) is 0 Å². The Morgan fingerprint density at radius 1 is 1.35 bits per heavy atom. The van der Waals surface area contributed by atoms with Crippen molar-refractivity contribution >= 4 is 5.95 Å². The van der Waals surface area contributed by atoms with E-state index in [0.717, 1.165) is 18.5 Å². The van der Waals surface area contributed by atoms with E-state index in [2.05, 4.69) is 43.0 Å². The van der Waals surface area contributed by atoms with Gasteiger partial charge >= 0.3 is 0 Å². The summed E-state index contributed by atoms with van der Waals surface area (Å²) in [7, 11) is 0. The molecule has 3 N–H and O–H groups in total. The minimum atomic E-state index is 0.0825. The number of nitrogens with zero attached hydrogens (tertiary/aromatic N) is 2. The van der Waals surface area contributed by atoms with Gasteiger partial charge in [-0.05, 0) is 25.2 Å². The van der Waals surface area contributed by atoms with Gasteiger partial charge in [0.2, 0.25) is 11.8 Å². The van der Waals surface area contributed by atoms with Crippen LogP contribution >= 0.6 is 0 Å². The topological polar surface area (TPSA) is 73.1 Å². The Hall–Kier alpha value is -1.36. The smallest absolute Gasteiger partial charge is 0.226 e. The lowest BCUT2D eigenvalue weighted by Crippen LogP contribution is -2.33. The van der Waals surface area contributed by atoms with Crippen molar-refractivity contribution in [1.29, 1.82) is 0 Å². The van der Waals surface area contributed by atoms with Crippen molar-refractivity contribution in [2.45, 2.75) is 53.5 Å². The highest BCUT2D eigenvalue weighted by molar-refractivity contribution is 5.30. The Labute approximate surface area is 122 Å². The first-order valence-corrected chi connectivity index (χ1v) is 7.28. The largest absolute Gasteiger partial charge is 0.478 e. The van der Waals surface area contributed by atoms with E-state index in [4.69, 9.17) is 10.5 Å². The Kier molecular flexibility index (Phi) is 6.20. The molecule has 1 rings (SSSR count). The van der Waals surface area contributed by atoms with E-state index in [1.54, 1.807) is 0 Å². The molecule has 0 amide bonds. The molecule has 20 heavy (non-hydrogen) atoms. The van der Waals surface area contributed by atoms with Gasteiger partial charge in [0.1, 0.15) is 0 Å². The third kappa shape index (κ3) is 6.70. The predicted molar refractivity (Wildman–Crippen MR) is 83.1 cm³/mol. The number of aryl methyl sites for hydroxylation is 1. The highest BCUT2D eigenvalue weighted by atomic mass is 16.5. The van der Waals surface area contributed by atoms with Crippen LogP contribution in [0, 0.1) is 12.3 Å².